The van der Waals surface area contributed by atoms with E-state index in [0.717, 1.165) is 31.6 Å². The highest BCUT2D eigenvalue weighted by atomic mass is 16.5. The third-order valence-corrected chi connectivity index (χ3v) is 5.94. The molecule has 1 unspecified atom stereocenters. The molecule has 0 saturated carbocycles. The number of methoxy groups -OCH3 is 1. The fraction of sp³-hybridized carbons (Fsp3) is 0.308. The second-order valence-electron chi connectivity index (χ2n) is 8.36. The predicted octanol–water partition coefficient (Wildman–Crippen LogP) is 4.40. The van der Waals surface area contributed by atoms with Crippen LogP contribution in [0, 0.1) is 0 Å². The number of phenols is 1. The second kappa shape index (κ2) is 8.90. The van der Waals surface area contributed by atoms with Crippen LogP contribution in [0.4, 0.5) is 0 Å². The maximum Gasteiger partial charge on any atom is 0.160 e. The van der Waals surface area contributed by atoms with Crippen molar-refractivity contribution in [2.24, 2.45) is 0 Å². The molecule has 0 aromatic heterocycles. The first-order chi connectivity index (χ1) is 14.6. The Kier molecular flexibility index (Phi) is 6.07. The number of nitrogens with zero attached hydrogens (tertiary/aromatic N) is 1. The minimum absolute atomic E-state index is 0.0813. The van der Waals surface area contributed by atoms with Gasteiger partial charge in [0.05, 0.1) is 13.2 Å². The summed E-state index contributed by atoms with van der Waals surface area (Å²) in [5.41, 5.74) is 3.71. The summed E-state index contributed by atoms with van der Waals surface area (Å²) in [6.07, 6.45) is 0.858. The van der Waals surface area contributed by atoms with E-state index in [2.05, 4.69) is 77.8 Å². The van der Waals surface area contributed by atoms with Crippen molar-refractivity contribution in [2.45, 2.75) is 24.9 Å². The average Bonchev–Trinajstić information content (AvgIpc) is 2.77. The molecule has 1 atom stereocenters. The molecule has 3 aromatic carbocycles. The average molecular weight is 403 g/mol. The minimum atomic E-state index is -0.0813. The lowest BCUT2D eigenvalue weighted by molar-refractivity contribution is 0.115. The Labute approximate surface area is 179 Å². The topological polar surface area (TPSA) is 44.7 Å². The molecule has 3 aromatic rings. The largest absolute Gasteiger partial charge is 0.504 e. The highest BCUT2D eigenvalue weighted by Gasteiger charge is 2.35. The van der Waals surface area contributed by atoms with Gasteiger partial charge in [-0.2, -0.15) is 0 Å². The summed E-state index contributed by atoms with van der Waals surface area (Å²) >= 11 is 0. The Morgan fingerprint density at radius 2 is 1.63 bits per heavy atom. The molecule has 0 spiro atoms. The van der Waals surface area contributed by atoms with E-state index in [1.54, 1.807) is 13.2 Å². The van der Waals surface area contributed by atoms with E-state index in [1.807, 2.05) is 12.1 Å². The number of aromatic hydroxyl groups is 1. The van der Waals surface area contributed by atoms with Crippen LogP contribution in [-0.2, 0) is 6.42 Å². The SMILES string of the molecule is COc1cc(CC2(C)CN(C(c3ccccc3)c3ccccc3)CCN2)ccc1O. The lowest BCUT2D eigenvalue weighted by Crippen LogP contribution is -2.60. The van der Waals surface area contributed by atoms with Crippen LogP contribution in [0.2, 0.25) is 0 Å². The first-order valence-electron chi connectivity index (χ1n) is 10.5. The Balaban J connectivity index is 1.61. The summed E-state index contributed by atoms with van der Waals surface area (Å²) in [4.78, 5) is 2.58. The lowest BCUT2D eigenvalue weighted by Gasteiger charge is -2.45. The summed E-state index contributed by atoms with van der Waals surface area (Å²) < 4.78 is 5.30. The van der Waals surface area contributed by atoms with Crippen LogP contribution in [0.1, 0.15) is 29.7 Å². The van der Waals surface area contributed by atoms with Crippen molar-refractivity contribution in [3.05, 3.63) is 95.6 Å². The Morgan fingerprint density at radius 3 is 2.23 bits per heavy atom. The molecule has 1 aliphatic heterocycles. The summed E-state index contributed by atoms with van der Waals surface area (Å²) in [7, 11) is 1.59. The fourth-order valence-electron chi connectivity index (χ4n) is 4.59. The van der Waals surface area contributed by atoms with E-state index in [4.69, 9.17) is 4.74 Å². The lowest BCUT2D eigenvalue weighted by atomic mass is 9.88. The number of nitrogens with one attached hydrogen (secondary N) is 1. The van der Waals surface area contributed by atoms with E-state index >= 15 is 0 Å². The van der Waals surface area contributed by atoms with E-state index in [9.17, 15) is 5.11 Å². The fourth-order valence-corrected chi connectivity index (χ4v) is 4.59. The number of rotatable bonds is 6. The molecule has 4 rings (SSSR count). The maximum atomic E-state index is 9.92. The van der Waals surface area contributed by atoms with Gasteiger partial charge in [0.2, 0.25) is 0 Å². The Bertz CT molecular complexity index is 922. The molecule has 4 nitrogen and oxygen atoms in total. The third kappa shape index (κ3) is 4.50. The number of piperazine rings is 1. The van der Waals surface area contributed by atoms with Gasteiger partial charge < -0.3 is 15.2 Å². The van der Waals surface area contributed by atoms with Gasteiger partial charge in [0.25, 0.3) is 0 Å². The molecular weight excluding hydrogens is 372 g/mol. The summed E-state index contributed by atoms with van der Waals surface area (Å²) in [6, 6.07) is 27.4. The van der Waals surface area contributed by atoms with Crippen LogP contribution in [0.5, 0.6) is 11.5 Å². The van der Waals surface area contributed by atoms with Crippen LogP contribution in [-0.4, -0.2) is 42.3 Å². The molecule has 0 aliphatic carbocycles. The highest BCUT2D eigenvalue weighted by Crippen LogP contribution is 2.33. The normalized spacial score (nSPS) is 19.7. The number of benzene rings is 3. The molecule has 1 saturated heterocycles. The third-order valence-electron chi connectivity index (χ3n) is 5.94. The standard InChI is InChI=1S/C26H30N2O2/c1-26(18-20-13-14-23(29)24(17-20)30-2)19-28(16-15-27-26)25(21-9-5-3-6-10-21)22-11-7-4-8-12-22/h3-14,17,25,27,29H,15-16,18-19H2,1-2H3. The number of hydrogen-bond acceptors (Lipinski definition) is 4. The van der Waals surface area contributed by atoms with Gasteiger partial charge in [0.1, 0.15) is 0 Å². The van der Waals surface area contributed by atoms with Crippen molar-refractivity contribution in [1.82, 2.24) is 10.2 Å². The number of ether oxygens (including phenoxy) is 1. The number of phenolic OH excluding ortho intramolecular Hbond substituents is 1. The summed E-state index contributed by atoms with van der Waals surface area (Å²) in [6.45, 7) is 5.13. The highest BCUT2D eigenvalue weighted by molar-refractivity contribution is 5.42. The van der Waals surface area contributed by atoms with Crippen LogP contribution in [0.3, 0.4) is 0 Å². The minimum Gasteiger partial charge on any atom is -0.504 e. The van der Waals surface area contributed by atoms with Gasteiger partial charge in [0.15, 0.2) is 11.5 Å². The molecule has 2 N–H and O–H groups in total. The van der Waals surface area contributed by atoms with Crippen LogP contribution >= 0.6 is 0 Å². The summed E-state index contributed by atoms with van der Waals surface area (Å²) in [5.74, 6) is 0.702. The molecule has 0 bridgehead atoms. The van der Waals surface area contributed by atoms with Gasteiger partial charge in [-0.05, 0) is 42.2 Å². The van der Waals surface area contributed by atoms with E-state index in [0.29, 0.717) is 5.75 Å². The molecule has 1 heterocycles. The van der Waals surface area contributed by atoms with Crippen molar-refractivity contribution in [3.8, 4) is 11.5 Å². The monoisotopic (exact) mass is 402 g/mol. The van der Waals surface area contributed by atoms with Gasteiger partial charge in [-0.15, -0.1) is 0 Å². The van der Waals surface area contributed by atoms with Gasteiger partial charge in [-0.25, -0.2) is 0 Å². The smallest absolute Gasteiger partial charge is 0.160 e. The first kappa shape index (κ1) is 20.5. The maximum absolute atomic E-state index is 9.92. The zero-order chi connectivity index (χ0) is 21.0. The molecule has 1 aliphatic rings. The second-order valence-corrected chi connectivity index (χ2v) is 8.36. The first-order valence-corrected chi connectivity index (χ1v) is 10.5. The Morgan fingerprint density at radius 1 is 1.00 bits per heavy atom. The Hall–Kier alpha value is -2.82. The van der Waals surface area contributed by atoms with Gasteiger partial charge in [-0.1, -0.05) is 66.7 Å². The molecule has 1 fully saturated rings. The van der Waals surface area contributed by atoms with Gasteiger partial charge >= 0.3 is 0 Å². The van der Waals surface area contributed by atoms with Crippen molar-refractivity contribution >= 4 is 0 Å². The van der Waals surface area contributed by atoms with Gasteiger partial charge in [0, 0.05) is 25.2 Å². The molecule has 0 amide bonds. The van der Waals surface area contributed by atoms with E-state index < -0.39 is 0 Å². The zero-order valence-electron chi connectivity index (χ0n) is 17.7. The van der Waals surface area contributed by atoms with Crippen molar-refractivity contribution in [2.75, 3.05) is 26.7 Å². The van der Waals surface area contributed by atoms with Crippen molar-refractivity contribution < 1.29 is 9.84 Å². The van der Waals surface area contributed by atoms with E-state index in [1.165, 1.54) is 11.1 Å². The molecular formula is C26H30N2O2. The van der Waals surface area contributed by atoms with Gasteiger partial charge in [-0.3, -0.25) is 4.90 Å². The van der Waals surface area contributed by atoms with E-state index in [-0.39, 0.29) is 17.3 Å². The van der Waals surface area contributed by atoms with Crippen LogP contribution in [0.25, 0.3) is 0 Å². The molecule has 30 heavy (non-hydrogen) atoms. The zero-order valence-corrected chi connectivity index (χ0v) is 17.7. The van der Waals surface area contributed by atoms with Crippen molar-refractivity contribution in [1.29, 1.82) is 0 Å². The van der Waals surface area contributed by atoms with Crippen molar-refractivity contribution in [3.63, 3.8) is 0 Å². The van der Waals surface area contributed by atoms with Crippen LogP contribution < -0.4 is 10.1 Å². The summed E-state index contributed by atoms with van der Waals surface area (Å²) in [5, 5.41) is 13.7. The quantitative estimate of drug-likeness (QED) is 0.642. The molecule has 4 heteroatoms. The predicted molar refractivity (Wildman–Crippen MR) is 121 cm³/mol. The number of hydrogen-bond donors (Lipinski definition) is 2. The molecule has 0 radical (unpaired) electrons. The van der Waals surface area contributed by atoms with Crippen LogP contribution in [0.15, 0.2) is 78.9 Å². The molecule has 156 valence electrons.